The summed E-state index contributed by atoms with van der Waals surface area (Å²) in [7, 11) is 2.08. The van der Waals surface area contributed by atoms with Crippen LogP contribution in [0.15, 0.2) is 0 Å². The second-order valence-corrected chi connectivity index (χ2v) is 4.41. The second kappa shape index (κ2) is 5.27. The monoisotopic (exact) mass is 237 g/mol. The van der Waals surface area contributed by atoms with Crippen LogP contribution < -0.4 is 0 Å². The van der Waals surface area contributed by atoms with Gasteiger partial charge in [-0.05, 0) is 20.0 Å². The summed E-state index contributed by atoms with van der Waals surface area (Å²) in [4.78, 5) is 20.4. The van der Waals surface area contributed by atoms with Crippen molar-refractivity contribution in [2.24, 2.45) is 0 Å². The van der Waals surface area contributed by atoms with E-state index in [0.29, 0.717) is 5.82 Å². The van der Waals surface area contributed by atoms with Crippen LogP contribution in [0.4, 0.5) is 0 Å². The Morgan fingerprint density at radius 2 is 2.18 bits per heavy atom. The number of aromatic amines is 1. The fraction of sp³-hybridized carbons (Fsp3) is 0.727. The van der Waals surface area contributed by atoms with Gasteiger partial charge in [0.1, 0.15) is 5.82 Å². The van der Waals surface area contributed by atoms with Crippen LogP contribution >= 0.6 is 0 Å². The van der Waals surface area contributed by atoms with Gasteiger partial charge in [0, 0.05) is 26.1 Å². The summed E-state index contributed by atoms with van der Waals surface area (Å²) < 4.78 is 0. The van der Waals surface area contributed by atoms with Crippen LogP contribution in [0.1, 0.15) is 29.8 Å². The molecule has 1 N–H and O–H groups in total. The van der Waals surface area contributed by atoms with E-state index in [-0.39, 0.29) is 5.91 Å². The van der Waals surface area contributed by atoms with Gasteiger partial charge in [0.2, 0.25) is 5.82 Å². The first-order valence-electron chi connectivity index (χ1n) is 6.09. The predicted octanol–water partition coefficient (Wildman–Crippen LogP) is 0.145. The van der Waals surface area contributed by atoms with Gasteiger partial charge >= 0.3 is 0 Å². The number of aryl methyl sites for hydroxylation is 1. The Morgan fingerprint density at radius 1 is 1.35 bits per heavy atom. The van der Waals surface area contributed by atoms with Crippen molar-refractivity contribution in [2.75, 3.05) is 33.2 Å². The molecule has 2 heterocycles. The molecule has 1 fully saturated rings. The van der Waals surface area contributed by atoms with Gasteiger partial charge in [-0.25, -0.2) is 4.98 Å². The average Bonchev–Trinajstić information content (AvgIpc) is 2.71. The number of nitrogens with zero attached hydrogens (tertiary/aromatic N) is 4. The molecule has 0 radical (unpaired) electrons. The van der Waals surface area contributed by atoms with E-state index in [0.717, 1.165) is 44.8 Å². The van der Waals surface area contributed by atoms with Gasteiger partial charge in [0.25, 0.3) is 5.91 Å². The molecule has 0 aromatic carbocycles. The van der Waals surface area contributed by atoms with Crippen LogP contribution in [0.3, 0.4) is 0 Å². The van der Waals surface area contributed by atoms with E-state index in [2.05, 4.69) is 27.1 Å². The Balaban J connectivity index is 2.03. The Bertz CT molecular complexity index is 389. The van der Waals surface area contributed by atoms with Crippen molar-refractivity contribution in [3.8, 4) is 0 Å². The first-order valence-corrected chi connectivity index (χ1v) is 6.09. The zero-order valence-corrected chi connectivity index (χ0v) is 10.4. The van der Waals surface area contributed by atoms with Gasteiger partial charge in [0.05, 0.1) is 0 Å². The summed E-state index contributed by atoms with van der Waals surface area (Å²) in [6.45, 7) is 5.48. The number of hydrogen-bond acceptors (Lipinski definition) is 4. The van der Waals surface area contributed by atoms with Crippen LogP contribution in [-0.4, -0.2) is 64.1 Å². The number of nitrogens with one attached hydrogen (secondary N) is 1. The van der Waals surface area contributed by atoms with Crippen LogP contribution in [-0.2, 0) is 6.42 Å². The zero-order chi connectivity index (χ0) is 12.3. The third-order valence-corrected chi connectivity index (χ3v) is 3.06. The minimum absolute atomic E-state index is 0.0590. The molecule has 6 nitrogen and oxygen atoms in total. The van der Waals surface area contributed by atoms with Gasteiger partial charge in [0.15, 0.2) is 0 Å². The zero-order valence-electron chi connectivity index (χ0n) is 10.4. The predicted molar refractivity (Wildman–Crippen MR) is 63.8 cm³/mol. The van der Waals surface area contributed by atoms with Crippen LogP contribution in [0.2, 0.25) is 0 Å². The van der Waals surface area contributed by atoms with Crippen LogP contribution in [0, 0.1) is 0 Å². The molecule has 1 aromatic heterocycles. The highest BCUT2D eigenvalue weighted by atomic mass is 16.2. The average molecular weight is 237 g/mol. The lowest BCUT2D eigenvalue weighted by Gasteiger charge is -2.18. The molecule has 94 valence electrons. The maximum atomic E-state index is 12.2. The van der Waals surface area contributed by atoms with Crippen molar-refractivity contribution in [1.82, 2.24) is 25.0 Å². The summed E-state index contributed by atoms with van der Waals surface area (Å²) >= 11 is 0. The molecular formula is C11H19N5O. The fourth-order valence-electron chi connectivity index (χ4n) is 1.94. The lowest BCUT2D eigenvalue weighted by molar-refractivity contribution is 0.0751. The standard InChI is InChI=1S/C11H19N5O/c1-3-9-12-10(14-13-9)11(17)16-6-4-5-15(2)7-8-16/h3-8H2,1-2H3,(H,12,13,14). The Labute approximate surface area is 101 Å². The highest BCUT2D eigenvalue weighted by Gasteiger charge is 2.21. The molecule has 1 amide bonds. The lowest BCUT2D eigenvalue weighted by atomic mass is 10.3. The number of carbonyl (C=O) groups is 1. The molecule has 0 spiro atoms. The maximum Gasteiger partial charge on any atom is 0.293 e. The molecule has 6 heteroatoms. The van der Waals surface area contributed by atoms with Gasteiger partial charge in [-0.3, -0.25) is 9.89 Å². The van der Waals surface area contributed by atoms with Crippen molar-refractivity contribution >= 4 is 5.91 Å². The Hall–Kier alpha value is -1.43. The van der Waals surface area contributed by atoms with Gasteiger partial charge in [-0.2, -0.15) is 0 Å². The lowest BCUT2D eigenvalue weighted by Crippen LogP contribution is -2.35. The molecule has 1 aliphatic rings. The van der Waals surface area contributed by atoms with E-state index in [4.69, 9.17) is 0 Å². The van der Waals surface area contributed by atoms with Crippen molar-refractivity contribution in [3.63, 3.8) is 0 Å². The highest BCUT2D eigenvalue weighted by Crippen LogP contribution is 2.05. The molecule has 1 aliphatic heterocycles. The second-order valence-electron chi connectivity index (χ2n) is 4.41. The highest BCUT2D eigenvalue weighted by molar-refractivity contribution is 5.90. The van der Waals surface area contributed by atoms with Crippen LogP contribution in [0.25, 0.3) is 0 Å². The molecule has 0 aliphatic carbocycles. The van der Waals surface area contributed by atoms with Crippen molar-refractivity contribution in [1.29, 1.82) is 0 Å². The Kier molecular flexibility index (Phi) is 3.73. The number of aromatic nitrogens is 3. The molecule has 2 rings (SSSR count). The summed E-state index contributed by atoms with van der Waals surface area (Å²) in [6.07, 6.45) is 1.77. The molecule has 0 bridgehead atoms. The largest absolute Gasteiger partial charge is 0.335 e. The van der Waals surface area contributed by atoms with E-state index in [1.807, 2.05) is 11.8 Å². The molecule has 1 saturated heterocycles. The molecular weight excluding hydrogens is 218 g/mol. The minimum atomic E-state index is -0.0590. The number of rotatable bonds is 2. The van der Waals surface area contributed by atoms with E-state index in [9.17, 15) is 4.79 Å². The molecule has 0 unspecified atom stereocenters. The maximum absolute atomic E-state index is 12.2. The van der Waals surface area contributed by atoms with E-state index >= 15 is 0 Å². The van der Waals surface area contributed by atoms with Crippen molar-refractivity contribution < 1.29 is 4.79 Å². The summed E-state index contributed by atoms with van der Waals surface area (Å²) in [5.41, 5.74) is 0. The van der Waals surface area contributed by atoms with Gasteiger partial charge in [-0.15, -0.1) is 5.10 Å². The van der Waals surface area contributed by atoms with E-state index in [1.165, 1.54) is 0 Å². The number of amides is 1. The third kappa shape index (κ3) is 2.82. The quantitative estimate of drug-likeness (QED) is 0.795. The molecule has 0 atom stereocenters. The number of H-pyrrole nitrogens is 1. The molecule has 0 saturated carbocycles. The normalized spacial score (nSPS) is 18.1. The number of likely N-dealkylation sites (N-methyl/N-ethyl adjacent to an activating group) is 1. The summed E-state index contributed by atoms with van der Waals surface area (Å²) in [5.74, 6) is 1.00. The van der Waals surface area contributed by atoms with Crippen molar-refractivity contribution in [2.45, 2.75) is 19.8 Å². The third-order valence-electron chi connectivity index (χ3n) is 3.06. The van der Waals surface area contributed by atoms with Gasteiger partial charge < -0.3 is 9.80 Å². The fourth-order valence-corrected chi connectivity index (χ4v) is 1.94. The summed E-state index contributed by atoms with van der Waals surface area (Å²) in [5, 5.41) is 6.75. The topological polar surface area (TPSA) is 65.1 Å². The van der Waals surface area contributed by atoms with Crippen molar-refractivity contribution in [3.05, 3.63) is 11.6 Å². The first kappa shape index (κ1) is 12.0. The molecule has 1 aromatic rings. The Morgan fingerprint density at radius 3 is 2.88 bits per heavy atom. The SMILES string of the molecule is CCc1nc(C(=O)N2CCCN(C)CC2)n[nH]1. The van der Waals surface area contributed by atoms with Gasteiger partial charge in [-0.1, -0.05) is 6.92 Å². The molecule has 17 heavy (non-hydrogen) atoms. The van der Waals surface area contributed by atoms with Crippen LogP contribution in [0.5, 0.6) is 0 Å². The summed E-state index contributed by atoms with van der Waals surface area (Å²) in [6, 6.07) is 0. The number of carbonyl (C=O) groups excluding carboxylic acids is 1. The van der Waals surface area contributed by atoms with E-state index in [1.54, 1.807) is 0 Å². The number of hydrogen-bond donors (Lipinski definition) is 1. The minimum Gasteiger partial charge on any atom is -0.335 e. The smallest absolute Gasteiger partial charge is 0.293 e. The van der Waals surface area contributed by atoms with E-state index < -0.39 is 0 Å². The first-order chi connectivity index (χ1) is 8.20.